The summed E-state index contributed by atoms with van der Waals surface area (Å²) in [6, 6.07) is 5.84. The predicted octanol–water partition coefficient (Wildman–Crippen LogP) is 2.33. The van der Waals surface area contributed by atoms with Gasteiger partial charge in [-0.1, -0.05) is 6.07 Å². The van der Waals surface area contributed by atoms with Crippen LogP contribution in [0.3, 0.4) is 0 Å². The Hall–Kier alpha value is -2.08. The lowest BCUT2D eigenvalue weighted by molar-refractivity contribution is 0.419. The molecule has 0 unspecified atom stereocenters. The summed E-state index contributed by atoms with van der Waals surface area (Å²) in [5, 5.41) is 3.08. The topological polar surface area (TPSA) is 66.0 Å². The summed E-state index contributed by atoms with van der Waals surface area (Å²) in [7, 11) is 1.64. The number of nitrogens with zero attached hydrogens (tertiary/aromatic N) is 3. The average molecular weight is 274 g/mol. The molecule has 0 saturated carbocycles. The summed E-state index contributed by atoms with van der Waals surface area (Å²) in [6.45, 7) is 0.767. The Kier molecular flexibility index (Phi) is 3.08. The molecule has 3 rings (SSSR count). The van der Waals surface area contributed by atoms with E-state index in [9.17, 15) is 0 Å². The van der Waals surface area contributed by atoms with Crippen LogP contribution in [-0.4, -0.2) is 21.6 Å². The summed E-state index contributed by atoms with van der Waals surface area (Å²) in [5.41, 5.74) is 7.80. The number of aromatic nitrogens is 3. The summed E-state index contributed by atoms with van der Waals surface area (Å²) in [5.74, 6) is 1.26. The Bertz CT molecular complexity index is 690. The quantitative estimate of drug-likeness (QED) is 0.793. The maximum atomic E-state index is 6.00. The molecule has 19 heavy (non-hydrogen) atoms. The van der Waals surface area contributed by atoms with Gasteiger partial charge < -0.3 is 15.0 Å². The zero-order chi connectivity index (χ0) is 13.2. The van der Waals surface area contributed by atoms with Gasteiger partial charge in [0.25, 0.3) is 0 Å². The molecule has 0 aliphatic rings. The summed E-state index contributed by atoms with van der Waals surface area (Å²) in [4.78, 5) is 8.66. The number of nitrogens with two attached hydrogens (primary N) is 1. The number of nitrogen functional groups attached to an aromatic ring is 1. The van der Waals surface area contributed by atoms with Crippen LogP contribution >= 0.6 is 11.3 Å². The molecule has 0 atom stereocenters. The zero-order valence-electron chi connectivity index (χ0n) is 10.5. The lowest BCUT2D eigenvalue weighted by atomic mass is 10.3. The lowest BCUT2D eigenvalue weighted by Gasteiger charge is -2.05. The Balaban J connectivity index is 1.96. The van der Waals surface area contributed by atoms with Gasteiger partial charge in [0.1, 0.15) is 11.3 Å². The Morgan fingerprint density at radius 3 is 3.05 bits per heavy atom. The fourth-order valence-electron chi connectivity index (χ4n) is 2.12. The van der Waals surface area contributed by atoms with E-state index in [1.165, 1.54) is 0 Å². The molecule has 0 aliphatic heterocycles. The molecule has 2 N–H and O–H groups in total. The van der Waals surface area contributed by atoms with E-state index >= 15 is 0 Å². The number of thiazole rings is 1. The van der Waals surface area contributed by atoms with Crippen LogP contribution in [0.1, 0.15) is 5.01 Å². The monoisotopic (exact) mass is 274 g/mol. The number of hydrogen-bond donors (Lipinski definition) is 1. The van der Waals surface area contributed by atoms with Gasteiger partial charge in [0.15, 0.2) is 0 Å². The van der Waals surface area contributed by atoms with Crippen molar-refractivity contribution >= 4 is 28.3 Å². The number of ether oxygens (including phenoxy) is 1. The second kappa shape index (κ2) is 4.89. The number of aryl methyl sites for hydroxylation is 2. The number of para-hydroxylation sites is 1. The van der Waals surface area contributed by atoms with E-state index in [1.807, 2.05) is 34.3 Å². The van der Waals surface area contributed by atoms with Gasteiger partial charge in [-0.2, -0.15) is 0 Å². The molecule has 0 aliphatic carbocycles. The van der Waals surface area contributed by atoms with Crippen LogP contribution < -0.4 is 10.5 Å². The van der Waals surface area contributed by atoms with Crippen LogP contribution in [0.2, 0.25) is 0 Å². The Morgan fingerprint density at radius 1 is 1.42 bits per heavy atom. The molecule has 2 aromatic heterocycles. The van der Waals surface area contributed by atoms with Crippen molar-refractivity contribution in [3.63, 3.8) is 0 Å². The van der Waals surface area contributed by atoms with Crippen LogP contribution in [0.25, 0.3) is 11.0 Å². The number of imidazole rings is 1. The molecule has 0 bridgehead atoms. The van der Waals surface area contributed by atoms with Crippen molar-refractivity contribution in [1.82, 2.24) is 14.5 Å². The van der Waals surface area contributed by atoms with E-state index in [0.29, 0.717) is 5.95 Å². The van der Waals surface area contributed by atoms with Crippen molar-refractivity contribution in [1.29, 1.82) is 0 Å². The molecular formula is C13H14N4OS. The van der Waals surface area contributed by atoms with E-state index in [2.05, 4.69) is 9.97 Å². The zero-order valence-corrected chi connectivity index (χ0v) is 11.4. The standard InChI is InChI=1S/C13H14N4OS/c1-18-10-4-2-3-9-12(10)16-13(14)17(9)7-5-11-15-6-8-19-11/h2-4,6,8H,5,7H2,1H3,(H2,14,16). The van der Waals surface area contributed by atoms with Crippen LogP contribution in [0.4, 0.5) is 5.95 Å². The van der Waals surface area contributed by atoms with E-state index in [-0.39, 0.29) is 0 Å². The second-order valence-corrected chi connectivity index (χ2v) is 5.10. The van der Waals surface area contributed by atoms with E-state index < -0.39 is 0 Å². The van der Waals surface area contributed by atoms with E-state index in [4.69, 9.17) is 10.5 Å². The van der Waals surface area contributed by atoms with Crippen molar-refractivity contribution in [2.24, 2.45) is 0 Å². The summed E-state index contributed by atoms with van der Waals surface area (Å²) < 4.78 is 7.30. The van der Waals surface area contributed by atoms with Gasteiger partial charge in [-0.3, -0.25) is 0 Å². The lowest BCUT2D eigenvalue weighted by Crippen LogP contribution is -2.05. The molecule has 5 nitrogen and oxygen atoms in total. The van der Waals surface area contributed by atoms with Gasteiger partial charge in [0.2, 0.25) is 5.95 Å². The number of fused-ring (bicyclic) bond motifs is 1. The maximum Gasteiger partial charge on any atom is 0.201 e. The normalized spacial score (nSPS) is 11.0. The first-order chi connectivity index (χ1) is 9.29. The molecule has 0 saturated heterocycles. The van der Waals surface area contributed by atoms with Crippen LogP contribution in [0, 0.1) is 0 Å². The maximum absolute atomic E-state index is 6.00. The largest absolute Gasteiger partial charge is 0.494 e. The second-order valence-electron chi connectivity index (χ2n) is 4.13. The van der Waals surface area contributed by atoms with Crippen LogP contribution in [0.5, 0.6) is 5.75 Å². The van der Waals surface area contributed by atoms with Crippen molar-refractivity contribution in [2.45, 2.75) is 13.0 Å². The number of methoxy groups -OCH3 is 1. The molecule has 6 heteroatoms. The molecule has 1 aromatic carbocycles. The minimum atomic E-state index is 0.510. The molecule has 2 heterocycles. The third-order valence-corrected chi connectivity index (χ3v) is 3.86. The van der Waals surface area contributed by atoms with E-state index in [1.54, 1.807) is 18.4 Å². The highest BCUT2D eigenvalue weighted by molar-refractivity contribution is 7.09. The van der Waals surface area contributed by atoms with Gasteiger partial charge in [-0.25, -0.2) is 9.97 Å². The number of hydrogen-bond acceptors (Lipinski definition) is 5. The van der Waals surface area contributed by atoms with Crippen molar-refractivity contribution < 1.29 is 4.74 Å². The van der Waals surface area contributed by atoms with Crippen molar-refractivity contribution in [2.75, 3.05) is 12.8 Å². The van der Waals surface area contributed by atoms with Crippen LogP contribution in [-0.2, 0) is 13.0 Å². The Labute approximate surface area is 114 Å². The van der Waals surface area contributed by atoms with Gasteiger partial charge in [-0.05, 0) is 12.1 Å². The predicted molar refractivity (Wildman–Crippen MR) is 76.5 cm³/mol. The molecule has 98 valence electrons. The number of rotatable bonds is 4. The molecular weight excluding hydrogens is 260 g/mol. The first-order valence-electron chi connectivity index (χ1n) is 5.96. The molecule has 0 amide bonds. The van der Waals surface area contributed by atoms with Gasteiger partial charge in [0, 0.05) is 24.5 Å². The highest BCUT2D eigenvalue weighted by atomic mass is 32.1. The summed E-state index contributed by atoms with van der Waals surface area (Å²) in [6.07, 6.45) is 2.67. The van der Waals surface area contributed by atoms with Crippen LogP contribution in [0.15, 0.2) is 29.8 Å². The van der Waals surface area contributed by atoms with Crippen molar-refractivity contribution in [3.8, 4) is 5.75 Å². The molecule has 3 aromatic rings. The summed E-state index contributed by atoms with van der Waals surface area (Å²) >= 11 is 1.65. The van der Waals surface area contributed by atoms with E-state index in [0.717, 1.165) is 34.8 Å². The molecule has 0 radical (unpaired) electrons. The smallest absolute Gasteiger partial charge is 0.201 e. The fourth-order valence-corrected chi connectivity index (χ4v) is 2.73. The van der Waals surface area contributed by atoms with Crippen molar-refractivity contribution in [3.05, 3.63) is 34.8 Å². The third-order valence-electron chi connectivity index (χ3n) is 3.02. The van der Waals surface area contributed by atoms with Gasteiger partial charge in [-0.15, -0.1) is 11.3 Å². The van der Waals surface area contributed by atoms with Gasteiger partial charge in [0.05, 0.1) is 17.6 Å². The first-order valence-corrected chi connectivity index (χ1v) is 6.84. The number of benzene rings is 1. The molecule has 0 fully saturated rings. The third kappa shape index (κ3) is 2.15. The highest BCUT2D eigenvalue weighted by Gasteiger charge is 2.12. The Morgan fingerprint density at radius 2 is 2.32 bits per heavy atom. The minimum Gasteiger partial charge on any atom is -0.494 e. The van der Waals surface area contributed by atoms with Gasteiger partial charge >= 0.3 is 0 Å². The highest BCUT2D eigenvalue weighted by Crippen LogP contribution is 2.27. The average Bonchev–Trinajstić information content (AvgIpc) is 3.03. The fraction of sp³-hybridized carbons (Fsp3) is 0.231. The SMILES string of the molecule is COc1cccc2c1nc(N)n2CCc1nccs1. The minimum absolute atomic E-state index is 0.510. The molecule has 0 spiro atoms. The first kappa shape index (κ1) is 12.0. The number of anilines is 1.